The molecule has 128 valence electrons. The second kappa shape index (κ2) is 7.88. The Bertz CT molecular complexity index is 735. The minimum Gasteiger partial charge on any atom is -0.497 e. The molecule has 0 aliphatic rings. The number of ether oxygens (including phenoxy) is 1. The van der Waals surface area contributed by atoms with E-state index < -0.39 is 17.5 Å². The second-order valence-corrected chi connectivity index (χ2v) is 5.44. The van der Waals surface area contributed by atoms with Crippen LogP contribution in [0.4, 0.5) is 8.78 Å². The summed E-state index contributed by atoms with van der Waals surface area (Å²) in [6.07, 6.45) is 0. The van der Waals surface area contributed by atoms with Crippen LogP contribution in [0.5, 0.6) is 5.75 Å². The number of likely N-dealkylation sites (N-methyl/N-ethyl adjacent to an activating group) is 1. The van der Waals surface area contributed by atoms with Crippen LogP contribution < -0.4 is 15.4 Å². The molecule has 2 rings (SSSR count). The van der Waals surface area contributed by atoms with Crippen LogP contribution in [0.3, 0.4) is 0 Å². The minimum atomic E-state index is -0.697. The predicted molar refractivity (Wildman–Crippen MR) is 89.2 cm³/mol. The van der Waals surface area contributed by atoms with Gasteiger partial charge in [-0.1, -0.05) is 6.07 Å². The van der Waals surface area contributed by atoms with Gasteiger partial charge in [0.2, 0.25) is 0 Å². The fourth-order valence-electron chi connectivity index (χ4n) is 2.17. The van der Waals surface area contributed by atoms with Gasteiger partial charge in [-0.05, 0) is 43.8 Å². The van der Waals surface area contributed by atoms with Crippen LogP contribution in [-0.2, 0) is 0 Å². The number of rotatable bonds is 6. The van der Waals surface area contributed by atoms with E-state index in [9.17, 15) is 13.6 Å². The molecule has 0 heterocycles. The largest absolute Gasteiger partial charge is 0.497 e. The Hall–Kier alpha value is -2.47. The summed E-state index contributed by atoms with van der Waals surface area (Å²) in [5.74, 6) is -1.34. The van der Waals surface area contributed by atoms with E-state index in [1.807, 2.05) is 6.92 Å². The molecule has 1 atom stereocenters. The molecule has 0 radical (unpaired) electrons. The summed E-state index contributed by atoms with van der Waals surface area (Å²) in [5.41, 5.74) is 0.522. The smallest absolute Gasteiger partial charge is 0.254 e. The Kier molecular flexibility index (Phi) is 5.87. The van der Waals surface area contributed by atoms with Gasteiger partial charge in [-0.15, -0.1) is 0 Å². The van der Waals surface area contributed by atoms with Crippen LogP contribution in [0.25, 0.3) is 11.1 Å². The Morgan fingerprint density at radius 1 is 1.17 bits per heavy atom. The number of carbonyl (C=O) groups excluding carboxylic acids is 1. The number of amides is 1. The van der Waals surface area contributed by atoms with E-state index in [1.165, 1.54) is 31.4 Å². The van der Waals surface area contributed by atoms with Crippen molar-refractivity contribution in [3.05, 3.63) is 53.6 Å². The molecular weight excluding hydrogens is 314 g/mol. The maximum absolute atomic E-state index is 14.2. The number of methoxy groups -OCH3 is 1. The van der Waals surface area contributed by atoms with Crippen LogP contribution >= 0.6 is 0 Å². The first-order valence-electron chi connectivity index (χ1n) is 7.55. The molecule has 0 bridgehead atoms. The number of halogens is 2. The summed E-state index contributed by atoms with van der Waals surface area (Å²) in [6, 6.07) is 8.43. The Labute approximate surface area is 139 Å². The Morgan fingerprint density at radius 3 is 2.50 bits per heavy atom. The zero-order valence-electron chi connectivity index (χ0n) is 13.8. The fourth-order valence-corrected chi connectivity index (χ4v) is 2.17. The van der Waals surface area contributed by atoms with Gasteiger partial charge in [0.05, 0.1) is 12.7 Å². The van der Waals surface area contributed by atoms with Crippen molar-refractivity contribution in [3.8, 4) is 16.9 Å². The zero-order valence-corrected chi connectivity index (χ0v) is 13.8. The molecule has 2 aromatic rings. The highest BCUT2D eigenvalue weighted by Crippen LogP contribution is 2.27. The first-order chi connectivity index (χ1) is 11.5. The average molecular weight is 334 g/mol. The first kappa shape index (κ1) is 17.9. The molecule has 4 nitrogen and oxygen atoms in total. The number of benzene rings is 2. The van der Waals surface area contributed by atoms with Gasteiger partial charge in [0.1, 0.15) is 17.4 Å². The molecular formula is C18H20F2N2O2. The summed E-state index contributed by atoms with van der Waals surface area (Å²) in [5, 5.41) is 5.62. The minimum absolute atomic E-state index is 0.0732. The lowest BCUT2D eigenvalue weighted by atomic mass is 10.0. The van der Waals surface area contributed by atoms with Gasteiger partial charge >= 0.3 is 0 Å². The monoisotopic (exact) mass is 334 g/mol. The summed E-state index contributed by atoms with van der Waals surface area (Å²) in [7, 11) is 3.21. The Morgan fingerprint density at radius 2 is 1.92 bits per heavy atom. The fraction of sp³-hybridized carbons (Fsp3) is 0.278. The molecule has 2 N–H and O–H groups in total. The van der Waals surface area contributed by atoms with Crippen molar-refractivity contribution in [3.63, 3.8) is 0 Å². The molecule has 6 heteroatoms. The van der Waals surface area contributed by atoms with Gasteiger partial charge in [0.25, 0.3) is 5.91 Å². The second-order valence-electron chi connectivity index (χ2n) is 5.44. The average Bonchev–Trinajstić information content (AvgIpc) is 2.58. The van der Waals surface area contributed by atoms with Gasteiger partial charge in [-0.3, -0.25) is 4.79 Å². The van der Waals surface area contributed by atoms with Gasteiger partial charge < -0.3 is 15.4 Å². The molecule has 0 fully saturated rings. The van der Waals surface area contributed by atoms with Gasteiger partial charge in [-0.25, -0.2) is 8.78 Å². The van der Waals surface area contributed by atoms with Crippen LogP contribution in [0.1, 0.15) is 17.3 Å². The van der Waals surface area contributed by atoms with Crippen molar-refractivity contribution in [2.24, 2.45) is 0 Å². The highest BCUT2D eigenvalue weighted by molar-refractivity contribution is 5.95. The maximum Gasteiger partial charge on any atom is 0.254 e. The molecule has 0 saturated heterocycles. The SMILES string of the molecule is CNC(C)CNC(=O)c1ccc(-c2ccc(OC)cc2F)cc1F. The number of hydrogen-bond donors (Lipinski definition) is 2. The van der Waals surface area contributed by atoms with Gasteiger partial charge in [0.15, 0.2) is 0 Å². The lowest BCUT2D eigenvalue weighted by Crippen LogP contribution is -2.37. The van der Waals surface area contributed by atoms with E-state index in [0.29, 0.717) is 17.9 Å². The quantitative estimate of drug-likeness (QED) is 0.854. The number of hydrogen-bond acceptors (Lipinski definition) is 3. The van der Waals surface area contributed by atoms with Crippen molar-refractivity contribution in [2.45, 2.75) is 13.0 Å². The van der Waals surface area contributed by atoms with Crippen LogP contribution in [0.2, 0.25) is 0 Å². The molecule has 1 unspecified atom stereocenters. The lowest BCUT2D eigenvalue weighted by molar-refractivity contribution is 0.0946. The van der Waals surface area contributed by atoms with Crippen molar-refractivity contribution >= 4 is 5.91 Å². The predicted octanol–water partition coefficient (Wildman–Crippen LogP) is 2.98. The van der Waals surface area contributed by atoms with E-state index in [-0.39, 0.29) is 17.2 Å². The standard InChI is InChI=1S/C18H20F2N2O2/c1-11(21-2)10-22-18(23)15-6-4-12(8-16(15)19)14-7-5-13(24-3)9-17(14)20/h4-9,11,21H,10H2,1-3H3,(H,22,23). The van der Waals surface area contributed by atoms with Crippen molar-refractivity contribution in [1.82, 2.24) is 10.6 Å². The van der Waals surface area contributed by atoms with Crippen molar-refractivity contribution < 1.29 is 18.3 Å². The third-order valence-corrected chi connectivity index (χ3v) is 3.76. The molecule has 24 heavy (non-hydrogen) atoms. The summed E-state index contributed by atoms with van der Waals surface area (Å²) >= 11 is 0. The van der Waals surface area contributed by atoms with E-state index in [1.54, 1.807) is 13.1 Å². The lowest BCUT2D eigenvalue weighted by Gasteiger charge is -2.12. The molecule has 1 amide bonds. The maximum atomic E-state index is 14.2. The summed E-state index contributed by atoms with van der Waals surface area (Å²) in [6.45, 7) is 2.27. The van der Waals surface area contributed by atoms with Crippen LogP contribution in [-0.4, -0.2) is 32.7 Å². The molecule has 0 aliphatic heterocycles. The van der Waals surface area contributed by atoms with Crippen LogP contribution in [0, 0.1) is 11.6 Å². The van der Waals surface area contributed by atoms with Gasteiger partial charge in [-0.2, -0.15) is 0 Å². The zero-order chi connectivity index (χ0) is 17.7. The van der Waals surface area contributed by atoms with E-state index >= 15 is 0 Å². The van der Waals surface area contributed by atoms with Crippen molar-refractivity contribution in [1.29, 1.82) is 0 Å². The highest BCUT2D eigenvalue weighted by Gasteiger charge is 2.15. The summed E-state index contributed by atoms with van der Waals surface area (Å²) in [4.78, 5) is 12.0. The molecule has 0 spiro atoms. The normalized spacial score (nSPS) is 11.9. The van der Waals surface area contributed by atoms with Crippen LogP contribution in [0.15, 0.2) is 36.4 Å². The third-order valence-electron chi connectivity index (χ3n) is 3.76. The van der Waals surface area contributed by atoms with Gasteiger partial charge in [0, 0.05) is 24.2 Å². The molecule has 0 aliphatic carbocycles. The first-order valence-corrected chi connectivity index (χ1v) is 7.55. The van der Waals surface area contributed by atoms with Crippen molar-refractivity contribution in [2.75, 3.05) is 20.7 Å². The molecule has 0 aromatic heterocycles. The molecule has 0 saturated carbocycles. The number of carbonyl (C=O) groups is 1. The molecule has 2 aromatic carbocycles. The topological polar surface area (TPSA) is 50.4 Å². The Balaban J connectivity index is 2.22. The number of nitrogens with one attached hydrogen (secondary N) is 2. The van der Waals surface area contributed by atoms with E-state index in [0.717, 1.165) is 6.07 Å². The van der Waals surface area contributed by atoms with E-state index in [2.05, 4.69) is 10.6 Å². The van der Waals surface area contributed by atoms with E-state index in [4.69, 9.17) is 4.74 Å². The third kappa shape index (κ3) is 4.08. The summed E-state index contributed by atoms with van der Waals surface area (Å²) < 4.78 is 33.3. The highest BCUT2D eigenvalue weighted by atomic mass is 19.1.